The molecule has 0 unspecified atom stereocenters. The summed E-state index contributed by atoms with van der Waals surface area (Å²) in [5, 5.41) is 0.708. The molecule has 1 aliphatic heterocycles. The molecule has 0 bridgehead atoms. The fraction of sp³-hybridized carbons (Fsp3) is 0.321. The van der Waals surface area contributed by atoms with E-state index in [1.54, 1.807) is 4.90 Å². The third-order valence-electron chi connectivity index (χ3n) is 6.47. The highest BCUT2D eigenvalue weighted by Gasteiger charge is 2.25. The number of carbonyl (C=O) groups excluding carboxylic acids is 1. The normalized spacial score (nSPS) is 14.7. The van der Waals surface area contributed by atoms with Crippen molar-refractivity contribution in [2.24, 2.45) is 0 Å². The van der Waals surface area contributed by atoms with Gasteiger partial charge in [-0.2, -0.15) is 0 Å². The molecule has 1 fully saturated rings. The fourth-order valence-corrected chi connectivity index (χ4v) is 4.84. The van der Waals surface area contributed by atoms with E-state index < -0.39 is 0 Å². The summed E-state index contributed by atoms with van der Waals surface area (Å²) in [6, 6.07) is 22.6. The van der Waals surface area contributed by atoms with Gasteiger partial charge in [0, 0.05) is 24.7 Å². The Balaban J connectivity index is 1.46. The summed E-state index contributed by atoms with van der Waals surface area (Å²) in [4.78, 5) is 16.7. The number of nitrogens with zero attached hydrogens (tertiary/aromatic N) is 2. The molecule has 178 valence electrons. The Labute approximate surface area is 205 Å². The van der Waals surface area contributed by atoms with E-state index in [9.17, 15) is 9.18 Å². The van der Waals surface area contributed by atoms with Gasteiger partial charge in [0.2, 0.25) is 0 Å². The molecular weight excluding hydrogens is 451 g/mol. The first-order chi connectivity index (χ1) is 16.5. The van der Waals surface area contributed by atoms with Crippen molar-refractivity contribution in [3.63, 3.8) is 0 Å². The lowest BCUT2D eigenvalue weighted by Crippen LogP contribution is -2.33. The molecule has 0 aliphatic carbocycles. The molecule has 3 aromatic rings. The predicted octanol–water partition coefficient (Wildman–Crippen LogP) is 6.63. The van der Waals surface area contributed by atoms with Crippen LogP contribution in [0, 0.1) is 5.82 Å². The van der Waals surface area contributed by atoms with Crippen molar-refractivity contribution >= 4 is 17.7 Å². The Hall–Kier alpha value is -2.89. The molecule has 6 heteroatoms. The third-order valence-corrected chi connectivity index (χ3v) is 6.70. The van der Waals surface area contributed by atoms with Crippen molar-refractivity contribution < 1.29 is 13.9 Å². The van der Waals surface area contributed by atoms with Crippen LogP contribution in [0.15, 0.2) is 72.8 Å². The molecule has 3 aromatic carbocycles. The number of carbonyl (C=O) groups is 1. The second-order valence-corrected chi connectivity index (χ2v) is 9.27. The van der Waals surface area contributed by atoms with Gasteiger partial charge >= 0.3 is 6.09 Å². The second kappa shape index (κ2) is 11.5. The Morgan fingerprint density at radius 1 is 1.00 bits per heavy atom. The van der Waals surface area contributed by atoms with Crippen molar-refractivity contribution in [1.82, 2.24) is 9.80 Å². The third kappa shape index (κ3) is 6.37. The van der Waals surface area contributed by atoms with Gasteiger partial charge in [-0.3, -0.25) is 9.80 Å². The smallest absolute Gasteiger partial charge is 0.410 e. The van der Waals surface area contributed by atoms with Gasteiger partial charge in [0.15, 0.2) is 0 Å². The first kappa shape index (κ1) is 24.2. The summed E-state index contributed by atoms with van der Waals surface area (Å²) in [6.45, 7) is 3.68. The molecule has 0 aromatic heterocycles. The Kier molecular flexibility index (Phi) is 8.20. The van der Waals surface area contributed by atoms with E-state index in [-0.39, 0.29) is 11.9 Å². The van der Waals surface area contributed by atoms with Crippen molar-refractivity contribution in [2.75, 3.05) is 20.2 Å². The van der Waals surface area contributed by atoms with E-state index in [0.717, 1.165) is 49.2 Å². The van der Waals surface area contributed by atoms with Crippen LogP contribution in [0.1, 0.15) is 41.0 Å². The van der Waals surface area contributed by atoms with E-state index >= 15 is 0 Å². The lowest BCUT2D eigenvalue weighted by molar-refractivity contribution is 0.117. The molecule has 1 amide bonds. The van der Waals surface area contributed by atoms with Crippen molar-refractivity contribution in [3.8, 4) is 0 Å². The molecule has 4 nitrogen and oxygen atoms in total. The minimum absolute atomic E-state index is 0.204. The number of ether oxygens (including phenoxy) is 1. The Morgan fingerprint density at radius 3 is 2.38 bits per heavy atom. The standard InChI is InChI=1S/C28H30ClFN2O2/c1-34-28(33)32(19-21-5-3-2-4-6-21)20-24-9-10-25(29)17-27(24)23-13-15-31(16-14-23)18-22-7-11-26(30)12-8-22/h2-12,17,23H,13-16,18-20H2,1H3. The van der Waals surface area contributed by atoms with Gasteiger partial charge in [-0.1, -0.05) is 60.1 Å². The number of amides is 1. The molecule has 34 heavy (non-hydrogen) atoms. The molecule has 1 heterocycles. The van der Waals surface area contributed by atoms with Gasteiger partial charge in [-0.25, -0.2) is 9.18 Å². The van der Waals surface area contributed by atoms with Gasteiger partial charge < -0.3 is 4.74 Å². The zero-order chi connectivity index (χ0) is 23.9. The zero-order valence-electron chi connectivity index (χ0n) is 19.4. The zero-order valence-corrected chi connectivity index (χ0v) is 20.2. The number of hydrogen-bond donors (Lipinski definition) is 0. The van der Waals surface area contributed by atoms with E-state index in [1.807, 2.05) is 54.6 Å². The first-order valence-electron chi connectivity index (χ1n) is 11.6. The van der Waals surface area contributed by atoms with E-state index in [4.69, 9.17) is 16.3 Å². The SMILES string of the molecule is COC(=O)N(Cc1ccccc1)Cc1ccc(Cl)cc1C1CCN(Cc2ccc(F)cc2)CC1. The summed E-state index contributed by atoms with van der Waals surface area (Å²) in [7, 11) is 1.42. The van der Waals surface area contributed by atoms with Crippen molar-refractivity contribution in [1.29, 1.82) is 0 Å². The van der Waals surface area contributed by atoms with E-state index in [2.05, 4.69) is 11.0 Å². The maximum absolute atomic E-state index is 13.2. The fourth-order valence-electron chi connectivity index (χ4n) is 4.66. The number of likely N-dealkylation sites (tertiary alicyclic amines) is 1. The van der Waals surface area contributed by atoms with Crippen LogP contribution in [0.4, 0.5) is 9.18 Å². The highest BCUT2D eigenvalue weighted by molar-refractivity contribution is 6.30. The van der Waals surface area contributed by atoms with Crippen LogP contribution >= 0.6 is 11.6 Å². The van der Waals surface area contributed by atoms with Crippen LogP contribution in [0.25, 0.3) is 0 Å². The largest absolute Gasteiger partial charge is 0.453 e. The average molecular weight is 481 g/mol. The topological polar surface area (TPSA) is 32.8 Å². The van der Waals surface area contributed by atoms with Gasteiger partial charge in [0.05, 0.1) is 7.11 Å². The van der Waals surface area contributed by atoms with Crippen LogP contribution in [-0.2, 0) is 24.4 Å². The van der Waals surface area contributed by atoms with Gasteiger partial charge in [0.1, 0.15) is 5.82 Å². The molecule has 0 atom stereocenters. The van der Waals surface area contributed by atoms with Crippen LogP contribution in [0.5, 0.6) is 0 Å². The minimum atomic E-state index is -0.348. The number of benzene rings is 3. The quantitative estimate of drug-likeness (QED) is 0.380. The number of rotatable bonds is 7. The number of piperidine rings is 1. The predicted molar refractivity (Wildman–Crippen MR) is 133 cm³/mol. The molecule has 4 rings (SSSR count). The lowest BCUT2D eigenvalue weighted by Gasteiger charge is -2.33. The summed E-state index contributed by atoms with van der Waals surface area (Å²) in [5.41, 5.74) is 4.48. The summed E-state index contributed by atoms with van der Waals surface area (Å²) >= 11 is 6.39. The number of methoxy groups -OCH3 is 1. The van der Waals surface area contributed by atoms with Gasteiger partial charge in [0.25, 0.3) is 0 Å². The van der Waals surface area contributed by atoms with Crippen molar-refractivity contribution in [3.05, 3.63) is 106 Å². The molecule has 0 saturated carbocycles. The summed E-state index contributed by atoms with van der Waals surface area (Å²) < 4.78 is 18.3. The summed E-state index contributed by atoms with van der Waals surface area (Å²) in [6.07, 6.45) is 1.66. The monoisotopic (exact) mass is 480 g/mol. The first-order valence-corrected chi connectivity index (χ1v) is 12.0. The Morgan fingerprint density at radius 2 is 1.71 bits per heavy atom. The van der Waals surface area contributed by atoms with Gasteiger partial charge in [-0.15, -0.1) is 0 Å². The molecule has 0 radical (unpaired) electrons. The van der Waals surface area contributed by atoms with Crippen LogP contribution in [0.2, 0.25) is 5.02 Å². The molecule has 0 N–H and O–H groups in total. The highest BCUT2D eigenvalue weighted by Crippen LogP contribution is 2.33. The van der Waals surface area contributed by atoms with E-state index in [0.29, 0.717) is 24.0 Å². The molecular formula is C28H30ClFN2O2. The second-order valence-electron chi connectivity index (χ2n) is 8.83. The van der Waals surface area contributed by atoms with Gasteiger partial charge in [-0.05, 0) is 78.4 Å². The van der Waals surface area contributed by atoms with Crippen molar-refractivity contribution in [2.45, 2.75) is 38.4 Å². The highest BCUT2D eigenvalue weighted by atomic mass is 35.5. The number of hydrogen-bond acceptors (Lipinski definition) is 3. The molecule has 1 aliphatic rings. The summed E-state index contributed by atoms with van der Waals surface area (Å²) in [5.74, 6) is 0.165. The average Bonchev–Trinajstić information content (AvgIpc) is 2.86. The Bertz CT molecular complexity index is 1080. The minimum Gasteiger partial charge on any atom is -0.453 e. The lowest BCUT2D eigenvalue weighted by atomic mass is 9.86. The maximum atomic E-state index is 13.2. The van der Waals surface area contributed by atoms with E-state index in [1.165, 1.54) is 24.8 Å². The maximum Gasteiger partial charge on any atom is 0.410 e. The van der Waals surface area contributed by atoms with Crippen LogP contribution in [0.3, 0.4) is 0 Å². The number of halogens is 2. The van der Waals surface area contributed by atoms with Crippen LogP contribution in [-0.4, -0.2) is 36.1 Å². The van der Waals surface area contributed by atoms with Crippen LogP contribution < -0.4 is 0 Å². The molecule has 1 saturated heterocycles. The molecule has 0 spiro atoms.